The highest BCUT2D eigenvalue weighted by molar-refractivity contribution is 5.96. The number of nitrogens with zero attached hydrogens (tertiary/aromatic N) is 2. The van der Waals surface area contributed by atoms with Crippen molar-refractivity contribution in [1.82, 2.24) is 19.9 Å². The molecule has 27 heavy (non-hydrogen) atoms. The van der Waals surface area contributed by atoms with Gasteiger partial charge >= 0.3 is 5.69 Å². The number of carbonyl (C=O) groups excluding carboxylic acids is 2. The van der Waals surface area contributed by atoms with Crippen LogP contribution in [0.5, 0.6) is 0 Å². The summed E-state index contributed by atoms with van der Waals surface area (Å²) in [5.74, 6) is -0.366. The van der Waals surface area contributed by atoms with Crippen LogP contribution in [-0.4, -0.2) is 57.3 Å². The van der Waals surface area contributed by atoms with Crippen LogP contribution in [0.25, 0.3) is 11.0 Å². The Morgan fingerprint density at radius 1 is 1.30 bits per heavy atom. The first-order valence-electron chi connectivity index (χ1n) is 9.01. The van der Waals surface area contributed by atoms with Crippen LogP contribution in [-0.2, 0) is 9.53 Å². The second kappa shape index (κ2) is 6.73. The summed E-state index contributed by atoms with van der Waals surface area (Å²) in [5.41, 5.74) is -0.460. The standard InChI is InChI=1S/C18H20N4O5/c1-9-7-11(19-15-14(9)16(24)21-18(26)20-15)17(25)22-5-6-27-8-12(22)10-3-2-4-13(10)23/h7,10,12H,2-6,8H2,1H3,(H2,19,20,21,24,26). The molecule has 9 heteroatoms. The van der Waals surface area contributed by atoms with Gasteiger partial charge in [0.15, 0.2) is 0 Å². The average molecular weight is 372 g/mol. The van der Waals surface area contributed by atoms with Gasteiger partial charge in [-0.1, -0.05) is 0 Å². The van der Waals surface area contributed by atoms with Gasteiger partial charge in [-0.25, -0.2) is 9.78 Å². The number of aromatic amines is 2. The molecule has 0 aromatic carbocycles. The van der Waals surface area contributed by atoms with E-state index in [1.807, 2.05) is 0 Å². The summed E-state index contributed by atoms with van der Waals surface area (Å²) in [5, 5.41) is 0.246. The van der Waals surface area contributed by atoms with Crippen molar-refractivity contribution in [2.45, 2.75) is 32.2 Å². The SMILES string of the molecule is Cc1cc(C(=O)N2CCOCC2C2CCCC2=O)nc2[nH]c(=O)[nH]c(=O)c12. The summed E-state index contributed by atoms with van der Waals surface area (Å²) in [4.78, 5) is 59.4. The van der Waals surface area contributed by atoms with E-state index >= 15 is 0 Å². The van der Waals surface area contributed by atoms with E-state index in [0.717, 1.165) is 12.8 Å². The minimum atomic E-state index is -0.676. The van der Waals surface area contributed by atoms with Gasteiger partial charge in [0.05, 0.1) is 24.6 Å². The summed E-state index contributed by atoms with van der Waals surface area (Å²) >= 11 is 0. The van der Waals surface area contributed by atoms with Crippen LogP contribution in [0, 0.1) is 12.8 Å². The van der Waals surface area contributed by atoms with Gasteiger partial charge < -0.3 is 9.64 Å². The number of ether oxygens (including phenoxy) is 1. The molecule has 2 aliphatic rings. The maximum Gasteiger partial charge on any atom is 0.327 e. The van der Waals surface area contributed by atoms with E-state index in [0.29, 0.717) is 31.7 Å². The number of aromatic nitrogens is 3. The van der Waals surface area contributed by atoms with Gasteiger partial charge in [0, 0.05) is 18.9 Å². The molecule has 1 aliphatic carbocycles. The monoisotopic (exact) mass is 372 g/mol. The van der Waals surface area contributed by atoms with Crippen LogP contribution in [0.1, 0.15) is 35.3 Å². The molecule has 142 valence electrons. The van der Waals surface area contributed by atoms with Crippen LogP contribution in [0.3, 0.4) is 0 Å². The molecule has 0 spiro atoms. The number of rotatable bonds is 2. The predicted octanol–water partition coefficient (Wildman–Crippen LogP) is 0.130. The smallest absolute Gasteiger partial charge is 0.327 e. The Bertz CT molecular complexity index is 1040. The van der Waals surface area contributed by atoms with Crippen molar-refractivity contribution in [1.29, 1.82) is 0 Å². The highest BCUT2D eigenvalue weighted by Gasteiger charge is 2.40. The molecule has 0 radical (unpaired) electrons. The fraction of sp³-hybridized carbons (Fsp3) is 0.500. The molecule has 1 aliphatic heterocycles. The van der Waals surface area contributed by atoms with Crippen molar-refractivity contribution in [2.75, 3.05) is 19.8 Å². The van der Waals surface area contributed by atoms with E-state index in [9.17, 15) is 19.2 Å². The molecule has 1 amide bonds. The van der Waals surface area contributed by atoms with Crippen molar-refractivity contribution >= 4 is 22.7 Å². The Morgan fingerprint density at radius 3 is 2.85 bits per heavy atom. The summed E-state index contributed by atoms with van der Waals surface area (Å²) < 4.78 is 5.53. The summed E-state index contributed by atoms with van der Waals surface area (Å²) in [6, 6.07) is 1.23. The van der Waals surface area contributed by atoms with Crippen molar-refractivity contribution in [3.63, 3.8) is 0 Å². The van der Waals surface area contributed by atoms with E-state index < -0.39 is 11.2 Å². The predicted molar refractivity (Wildman–Crippen MR) is 95.7 cm³/mol. The number of fused-ring (bicyclic) bond motifs is 1. The number of nitrogens with one attached hydrogen (secondary N) is 2. The lowest BCUT2D eigenvalue weighted by atomic mass is 9.95. The number of hydrogen-bond acceptors (Lipinski definition) is 6. The van der Waals surface area contributed by atoms with Crippen LogP contribution in [0.15, 0.2) is 15.7 Å². The molecule has 2 aromatic rings. The highest BCUT2D eigenvalue weighted by Crippen LogP contribution is 2.30. The van der Waals surface area contributed by atoms with Crippen molar-refractivity contribution in [3.05, 3.63) is 38.2 Å². The molecule has 2 fully saturated rings. The highest BCUT2D eigenvalue weighted by atomic mass is 16.5. The Hall–Kier alpha value is -2.81. The molecule has 2 unspecified atom stereocenters. The number of carbonyl (C=O) groups is 2. The molecule has 9 nitrogen and oxygen atoms in total. The number of H-pyrrole nitrogens is 2. The zero-order valence-corrected chi connectivity index (χ0v) is 14.9. The lowest BCUT2D eigenvalue weighted by Crippen LogP contribution is -2.53. The summed E-state index contributed by atoms with van der Waals surface area (Å²) in [6.07, 6.45) is 2.13. The van der Waals surface area contributed by atoms with E-state index in [1.165, 1.54) is 0 Å². The largest absolute Gasteiger partial charge is 0.377 e. The number of hydrogen-bond donors (Lipinski definition) is 2. The second-order valence-corrected chi connectivity index (χ2v) is 7.06. The fourth-order valence-electron chi connectivity index (χ4n) is 4.07. The van der Waals surface area contributed by atoms with Crippen LogP contribution in [0.4, 0.5) is 0 Å². The Kier molecular flexibility index (Phi) is 4.39. The van der Waals surface area contributed by atoms with Crippen molar-refractivity contribution in [3.8, 4) is 0 Å². The van der Waals surface area contributed by atoms with Crippen LogP contribution < -0.4 is 11.2 Å². The van der Waals surface area contributed by atoms with E-state index in [2.05, 4.69) is 15.0 Å². The molecule has 1 saturated carbocycles. The zero-order valence-electron chi connectivity index (χ0n) is 14.9. The summed E-state index contributed by atoms with van der Waals surface area (Å²) in [6.45, 7) is 2.78. The van der Waals surface area contributed by atoms with Crippen LogP contribution >= 0.6 is 0 Å². The third-order valence-corrected chi connectivity index (χ3v) is 5.36. The maximum absolute atomic E-state index is 13.2. The Balaban J connectivity index is 1.73. The lowest BCUT2D eigenvalue weighted by molar-refractivity contribution is -0.124. The molecule has 2 aromatic heterocycles. The Labute approximate surface area is 153 Å². The minimum Gasteiger partial charge on any atom is -0.377 e. The number of aryl methyl sites for hydroxylation is 1. The third-order valence-electron chi connectivity index (χ3n) is 5.36. The lowest BCUT2D eigenvalue weighted by Gasteiger charge is -2.38. The number of amides is 1. The van der Waals surface area contributed by atoms with Gasteiger partial charge in [-0.3, -0.25) is 24.4 Å². The third kappa shape index (κ3) is 3.08. The molecular formula is C18H20N4O5. The second-order valence-electron chi connectivity index (χ2n) is 7.06. The molecule has 2 N–H and O–H groups in total. The first-order valence-corrected chi connectivity index (χ1v) is 9.01. The molecule has 4 rings (SSSR count). The molecule has 2 atom stereocenters. The minimum absolute atomic E-state index is 0.0776. The number of ketones is 1. The van der Waals surface area contributed by atoms with Gasteiger partial charge in [0.1, 0.15) is 17.1 Å². The van der Waals surface area contributed by atoms with Gasteiger partial charge in [0.2, 0.25) is 0 Å². The molecule has 0 bridgehead atoms. The first kappa shape index (κ1) is 17.6. The molecular weight excluding hydrogens is 352 g/mol. The number of Topliss-reactive ketones (excluding diaryl/α,β-unsaturated/α-hetero) is 1. The van der Waals surface area contributed by atoms with Crippen LogP contribution in [0.2, 0.25) is 0 Å². The number of morpholine rings is 1. The van der Waals surface area contributed by atoms with Gasteiger partial charge in [-0.2, -0.15) is 0 Å². The van der Waals surface area contributed by atoms with E-state index in [1.54, 1.807) is 17.9 Å². The van der Waals surface area contributed by atoms with E-state index in [4.69, 9.17) is 4.74 Å². The number of pyridine rings is 1. The van der Waals surface area contributed by atoms with E-state index in [-0.39, 0.29) is 40.4 Å². The van der Waals surface area contributed by atoms with Crippen molar-refractivity contribution < 1.29 is 14.3 Å². The fourth-order valence-corrected chi connectivity index (χ4v) is 4.07. The zero-order chi connectivity index (χ0) is 19.1. The molecule has 3 heterocycles. The normalized spacial score (nSPS) is 23.1. The van der Waals surface area contributed by atoms with Gasteiger partial charge in [-0.05, 0) is 31.4 Å². The Morgan fingerprint density at radius 2 is 2.11 bits per heavy atom. The topological polar surface area (TPSA) is 125 Å². The van der Waals surface area contributed by atoms with Gasteiger partial charge in [0.25, 0.3) is 11.5 Å². The summed E-state index contributed by atoms with van der Waals surface area (Å²) in [7, 11) is 0. The molecule has 1 saturated heterocycles. The quantitative estimate of drug-likeness (QED) is 0.772. The maximum atomic E-state index is 13.2. The first-order chi connectivity index (χ1) is 13.0. The van der Waals surface area contributed by atoms with Crippen molar-refractivity contribution in [2.24, 2.45) is 5.92 Å². The average Bonchev–Trinajstić information content (AvgIpc) is 3.06. The van der Waals surface area contributed by atoms with Gasteiger partial charge in [-0.15, -0.1) is 0 Å².